The summed E-state index contributed by atoms with van der Waals surface area (Å²) in [6, 6.07) is 1.91. The molecule has 116 valence electrons. The third-order valence-electron chi connectivity index (χ3n) is 3.56. The van der Waals surface area contributed by atoms with Crippen LogP contribution in [0.15, 0.2) is 12.1 Å². The van der Waals surface area contributed by atoms with E-state index in [0.717, 1.165) is 18.6 Å². The van der Waals surface area contributed by atoms with Crippen LogP contribution in [0.1, 0.15) is 30.6 Å². The number of rotatable bonds is 3. The minimum Gasteiger partial charge on any atom is -0.336 e. The van der Waals surface area contributed by atoms with Gasteiger partial charge < -0.3 is 10.2 Å². The van der Waals surface area contributed by atoms with Crippen LogP contribution in [0.3, 0.4) is 0 Å². The molecule has 1 atom stereocenters. The first kappa shape index (κ1) is 15.8. The van der Waals surface area contributed by atoms with E-state index in [-0.39, 0.29) is 6.04 Å². The van der Waals surface area contributed by atoms with E-state index in [0.29, 0.717) is 25.6 Å². The summed E-state index contributed by atoms with van der Waals surface area (Å²) in [5.74, 6) is -4.44. The Kier molecular flexibility index (Phi) is 4.88. The summed E-state index contributed by atoms with van der Waals surface area (Å²) in [5.41, 5.74) is -0.418. The number of hydrogen-bond donors (Lipinski definition) is 1. The van der Waals surface area contributed by atoms with Crippen LogP contribution in [0.5, 0.6) is 0 Å². The van der Waals surface area contributed by atoms with Crippen molar-refractivity contribution in [3.63, 3.8) is 0 Å². The summed E-state index contributed by atoms with van der Waals surface area (Å²) in [6.07, 6.45) is 0.893. The molecule has 1 N–H and O–H groups in total. The van der Waals surface area contributed by atoms with Gasteiger partial charge in [0, 0.05) is 25.7 Å². The fraction of sp³-hybridized carbons (Fsp3) is 0.533. The van der Waals surface area contributed by atoms with Crippen LogP contribution in [0.2, 0.25) is 0 Å². The number of hydrogen-bond acceptors (Lipinski definition) is 2. The molecule has 0 saturated carbocycles. The third-order valence-corrected chi connectivity index (χ3v) is 3.56. The second kappa shape index (κ2) is 6.47. The second-order valence-corrected chi connectivity index (χ2v) is 5.75. The Hall–Kier alpha value is -1.56. The fourth-order valence-corrected chi connectivity index (χ4v) is 2.60. The number of amides is 1. The molecule has 6 heteroatoms. The van der Waals surface area contributed by atoms with Gasteiger partial charge in [-0.15, -0.1) is 0 Å². The second-order valence-electron chi connectivity index (χ2n) is 5.75. The fourth-order valence-electron chi connectivity index (χ4n) is 2.60. The van der Waals surface area contributed by atoms with Crippen LogP contribution in [-0.4, -0.2) is 36.5 Å². The van der Waals surface area contributed by atoms with Crippen molar-refractivity contribution in [3.8, 4) is 0 Å². The molecule has 1 fully saturated rings. The molecule has 1 aliphatic rings. The summed E-state index contributed by atoms with van der Waals surface area (Å²) < 4.78 is 39.9. The standard InChI is InChI=1S/C15H19F3N2O/c1-9(2)7-10-8-20(6-5-19-10)15(21)11-3-4-12(16)14(18)13(11)17/h3-4,9-10,19H,5-8H2,1-2H3. The van der Waals surface area contributed by atoms with Crippen LogP contribution >= 0.6 is 0 Å². The topological polar surface area (TPSA) is 32.3 Å². The Morgan fingerprint density at radius 1 is 1.33 bits per heavy atom. The lowest BCUT2D eigenvalue weighted by Gasteiger charge is -2.34. The Bertz CT molecular complexity index is 534. The molecule has 1 unspecified atom stereocenters. The highest BCUT2D eigenvalue weighted by molar-refractivity contribution is 5.94. The average molecular weight is 300 g/mol. The van der Waals surface area contributed by atoms with Crippen molar-refractivity contribution >= 4 is 5.91 Å². The van der Waals surface area contributed by atoms with Gasteiger partial charge in [0.1, 0.15) is 0 Å². The molecule has 3 nitrogen and oxygen atoms in total. The minimum atomic E-state index is -1.60. The molecule has 1 heterocycles. The molecule has 0 spiro atoms. The van der Waals surface area contributed by atoms with Crippen LogP contribution in [0.25, 0.3) is 0 Å². The zero-order chi connectivity index (χ0) is 15.6. The van der Waals surface area contributed by atoms with E-state index in [9.17, 15) is 18.0 Å². The predicted octanol–water partition coefficient (Wildman–Crippen LogP) is 2.56. The van der Waals surface area contributed by atoms with Gasteiger partial charge in [-0.3, -0.25) is 4.79 Å². The molecule has 0 aromatic heterocycles. The monoisotopic (exact) mass is 300 g/mol. The number of halogens is 3. The van der Waals surface area contributed by atoms with Gasteiger partial charge in [0.2, 0.25) is 0 Å². The van der Waals surface area contributed by atoms with E-state index in [4.69, 9.17) is 0 Å². The summed E-state index contributed by atoms with van der Waals surface area (Å²) in [4.78, 5) is 13.8. The number of carbonyl (C=O) groups excluding carboxylic acids is 1. The van der Waals surface area contributed by atoms with Crippen molar-refractivity contribution in [1.82, 2.24) is 10.2 Å². The van der Waals surface area contributed by atoms with E-state index in [1.54, 1.807) is 0 Å². The van der Waals surface area contributed by atoms with Crippen molar-refractivity contribution in [3.05, 3.63) is 35.1 Å². The number of piperazine rings is 1. The zero-order valence-electron chi connectivity index (χ0n) is 12.1. The van der Waals surface area contributed by atoms with Gasteiger partial charge in [-0.1, -0.05) is 13.8 Å². The van der Waals surface area contributed by atoms with Crippen LogP contribution in [0, 0.1) is 23.4 Å². The average Bonchev–Trinajstić information content (AvgIpc) is 2.44. The Labute approximate surface area is 122 Å². The molecule has 0 radical (unpaired) electrons. The molecule has 1 aromatic rings. The highest BCUT2D eigenvalue weighted by Gasteiger charge is 2.27. The SMILES string of the molecule is CC(C)CC1CN(C(=O)c2ccc(F)c(F)c2F)CCN1. The van der Waals surface area contributed by atoms with Crippen molar-refractivity contribution in [2.24, 2.45) is 5.92 Å². The Morgan fingerprint density at radius 2 is 2.05 bits per heavy atom. The lowest BCUT2D eigenvalue weighted by atomic mass is 10.0. The summed E-state index contributed by atoms with van der Waals surface area (Å²) >= 11 is 0. The lowest BCUT2D eigenvalue weighted by molar-refractivity contribution is 0.0688. The summed E-state index contributed by atoms with van der Waals surface area (Å²) in [5, 5.41) is 3.30. The molecule has 0 bridgehead atoms. The van der Waals surface area contributed by atoms with Gasteiger partial charge in [-0.05, 0) is 24.5 Å². The van der Waals surface area contributed by atoms with E-state index in [2.05, 4.69) is 19.2 Å². The van der Waals surface area contributed by atoms with Crippen LogP contribution in [0.4, 0.5) is 13.2 Å². The first-order valence-corrected chi connectivity index (χ1v) is 7.06. The van der Waals surface area contributed by atoms with E-state index in [1.807, 2.05) is 0 Å². The van der Waals surface area contributed by atoms with Crippen molar-refractivity contribution in [2.45, 2.75) is 26.3 Å². The van der Waals surface area contributed by atoms with E-state index >= 15 is 0 Å². The minimum absolute atomic E-state index is 0.135. The molecule has 1 saturated heterocycles. The van der Waals surface area contributed by atoms with Gasteiger partial charge in [-0.25, -0.2) is 13.2 Å². The van der Waals surface area contributed by atoms with Crippen molar-refractivity contribution < 1.29 is 18.0 Å². The van der Waals surface area contributed by atoms with Crippen LogP contribution < -0.4 is 5.32 Å². The molecular formula is C15H19F3N2O. The normalized spacial score (nSPS) is 19.1. The first-order chi connectivity index (χ1) is 9.90. The number of carbonyl (C=O) groups is 1. The first-order valence-electron chi connectivity index (χ1n) is 7.06. The Morgan fingerprint density at radius 3 is 2.71 bits per heavy atom. The van der Waals surface area contributed by atoms with Gasteiger partial charge in [-0.2, -0.15) is 0 Å². The molecule has 1 aliphatic heterocycles. The van der Waals surface area contributed by atoms with Crippen LogP contribution in [-0.2, 0) is 0 Å². The Balaban J connectivity index is 2.14. The maximum atomic E-state index is 13.7. The van der Waals surface area contributed by atoms with Gasteiger partial charge in [0.25, 0.3) is 5.91 Å². The molecule has 2 rings (SSSR count). The number of nitrogens with one attached hydrogen (secondary N) is 1. The van der Waals surface area contributed by atoms with Gasteiger partial charge in [0.05, 0.1) is 5.56 Å². The highest BCUT2D eigenvalue weighted by atomic mass is 19.2. The summed E-state index contributed by atoms with van der Waals surface area (Å²) in [7, 11) is 0. The van der Waals surface area contributed by atoms with Crippen molar-refractivity contribution in [2.75, 3.05) is 19.6 Å². The van der Waals surface area contributed by atoms with Crippen molar-refractivity contribution in [1.29, 1.82) is 0 Å². The quantitative estimate of drug-likeness (QED) is 0.870. The molecule has 1 aromatic carbocycles. The molecule has 0 aliphatic carbocycles. The molecule has 1 amide bonds. The molecule has 21 heavy (non-hydrogen) atoms. The molecular weight excluding hydrogens is 281 g/mol. The van der Waals surface area contributed by atoms with E-state index < -0.39 is 28.9 Å². The largest absolute Gasteiger partial charge is 0.336 e. The maximum absolute atomic E-state index is 13.7. The lowest BCUT2D eigenvalue weighted by Crippen LogP contribution is -2.53. The van der Waals surface area contributed by atoms with E-state index in [1.165, 1.54) is 4.90 Å². The summed E-state index contributed by atoms with van der Waals surface area (Å²) in [6.45, 7) is 5.63. The third kappa shape index (κ3) is 3.56. The van der Waals surface area contributed by atoms with Gasteiger partial charge in [0.15, 0.2) is 17.5 Å². The zero-order valence-corrected chi connectivity index (χ0v) is 12.1. The predicted molar refractivity (Wildman–Crippen MR) is 73.5 cm³/mol. The van der Waals surface area contributed by atoms with Gasteiger partial charge >= 0.3 is 0 Å². The maximum Gasteiger partial charge on any atom is 0.257 e. The number of benzene rings is 1. The smallest absolute Gasteiger partial charge is 0.257 e. The highest BCUT2D eigenvalue weighted by Crippen LogP contribution is 2.18. The number of nitrogens with zero attached hydrogens (tertiary/aromatic N) is 1.